The minimum absolute atomic E-state index is 0.539. The van der Waals surface area contributed by atoms with Crippen LogP contribution in [0.3, 0.4) is 0 Å². The highest BCUT2D eigenvalue weighted by atomic mass is 15.0. The summed E-state index contributed by atoms with van der Waals surface area (Å²) in [6.07, 6.45) is 0. The summed E-state index contributed by atoms with van der Waals surface area (Å²) in [7, 11) is 0. The van der Waals surface area contributed by atoms with Gasteiger partial charge in [-0.25, -0.2) is 0 Å². The van der Waals surface area contributed by atoms with Gasteiger partial charge in [0.2, 0.25) is 0 Å². The number of hydrogen-bond donors (Lipinski definition) is 0. The molecule has 2 heterocycles. The standard InChI is InChI=1S/C44H26N4/c45-27-29-23-24-44(48-42-21-7-3-15-36(42)37-16-4-8-22-43(37)48)38(25-29)33-18-10-17-32(39(33)28-46)30-11-9-12-31(26-30)47-40-19-5-1-13-34(40)35-14-2-6-20-41(35)47/h1-26H. The third kappa shape index (κ3) is 4.07. The molecule has 0 unspecified atom stereocenters. The van der Waals surface area contributed by atoms with E-state index < -0.39 is 0 Å². The minimum Gasteiger partial charge on any atom is -0.309 e. The summed E-state index contributed by atoms with van der Waals surface area (Å²) in [5, 5.41) is 25.5. The number of aromatic nitrogens is 2. The van der Waals surface area contributed by atoms with Crippen molar-refractivity contribution in [3.05, 3.63) is 169 Å². The molecule has 0 atom stereocenters. The van der Waals surface area contributed by atoms with Crippen molar-refractivity contribution in [2.24, 2.45) is 0 Å². The summed E-state index contributed by atoms with van der Waals surface area (Å²) in [5.41, 5.74) is 10.8. The van der Waals surface area contributed by atoms with Gasteiger partial charge in [-0.05, 0) is 60.2 Å². The minimum atomic E-state index is 0.539. The van der Waals surface area contributed by atoms with Gasteiger partial charge in [0.25, 0.3) is 0 Å². The molecular formula is C44H26N4. The molecule has 9 rings (SSSR count). The van der Waals surface area contributed by atoms with Crippen LogP contribution in [0.15, 0.2) is 158 Å². The van der Waals surface area contributed by atoms with Crippen LogP contribution >= 0.6 is 0 Å². The highest BCUT2D eigenvalue weighted by Crippen LogP contribution is 2.40. The van der Waals surface area contributed by atoms with Crippen LogP contribution < -0.4 is 0 Å². The van der Waals surface area contributed by atoms with Gasteiger partial charge in [0.05, 0.1) is 45.0 Å². The number of nitriles is 2. The molecule has 0 amide bonds. The number of rotatable bonds is 4. The summed E-state index contributed by atoms with van der Waals surface area (Å²) in [5.74, 6) is 0. The highest BCUT2D eigenvalue weighted by Gasteiger charge is 2.20. The van der Waals surface area contributed by atoms with E-state index >= 15 is 0 Å². The SMILES string of the molecule is N#Cc1ccc(-n2c3ccccc3c3ccccc32)c(-c2cccc(-c3cccc(-n4c5ccccc5c5ccccc54)c3)c2C#N)c1. The van der Waals surface area contributed by atoms with Crippen molar-refractivity contribution in [3.8, 4) is 45.8 Å². The third-order valence-electron chi connectivity index (χ3n) is 9.41. The van der Waals surface area contributed by atoms with Gasteiger partial charge in [0.15, 0.2) is 0 Å². The number of para-hydroxylation sites is 4. The van der Waals surface area contributed by atoms with Gasteiger partial charge < -0.3 is 9.13 Å². The van der Waals surface area contributed by atoms with Crippen LogP contribution in [0.4, 0.5) is 0 Å². The smallest absolute Gasteiger partial charge is 0.100 e. The molecule has 0 spiro atoms. The predicted octanol–water partition coefficient (Wildman–Crippen LogP) is 11.0. The van der Waals surface area contributed by atoms with Crippen LogP contribution in [0.1, 0.15) is 11.1 Å². The number of fused-ring (bicyclic) bond motifs is 6. The van der Waals surface area contributed by atoms with Crippen molar-refractivity contribution in [1.29, 1.82) is 10.5 Å². The van der Waals surface area contributed by atoms with E-state index in [0.717, 1.165) is 66.5 Å². The Bertz CT molecular complexity index is 2710. The highest BCUT2D eigenvalue weighted by molar-refractivity contribution is 6.10. The van der Waals surface area contributed by atoms with Crippen molar-refractivity contribution in [1.82, 2.24) is 9.13 Å². The maximum Gasteiger partial charge on any atom is 0.100 e. The largest absolute Gasteiger partial charge is 0.309 e. The van der Waals surface area contributed by atoms with Gasteiger partial charge in [-0.15, -0.1) is 0 Å². The first kappa shape index (κ1) is 27.4. The van der Waals surface area contributed by atoms with E-state index in [9.17, 15) is 10.5 Å². The van der Waals surface area contributed by atoms with Crippen LogP contribution in [0.2, 0.25) is 0 Å². The lowest BCUT2D eigenvalue weighted by Gasteiger charge is -2.17. The van der Waals surface area contributed by atoms with Crippen molar-refractivity contribution in [2.45, 2.75) is 0 Å². The van der Waals surface area contributed by atoms with Gasteiger partial charge in [-0.3, -0.25) is 0 Å². The lowest BCUT2D eigenvalue weighted by molar-refractivity contribution is 1.18. The maximum absolute atomic E-state index is 10.8. The van der Waals surface area contributed by atoms with Crippen LogP contribution in [-0.2, 0) is 0 Å². The first-order chi connectivity index (χ1) is 23.7. The Labute approximate surface area is 277 Å². The second-order valence-electron chi connectivity index (χ2n) is 12.0. The van der Waals surface area contributed by atoms with Crippen LogP contribution in [0.5, 0.6) is 0 Å². The molecule has 0 aliphatic rings. The molecule has 0 saturated carbocycles. The Hall–Kier alpha value is -6.88. The molecule has 0 N–H and O–H groups in total. The number of hydrogen-bond acceptors (Lipinski definition) is 2. The monoisotopic (exact) mass is 610 g/mol. The maximum atomic E-state index is 10.8. The first-order valence-electron chi connectivity index (χ1n) is 15.9. The molecule has 0 aliphatic heterocycles. The predicted molar refractivity (Wildman–Crippen MR) is 195 cm³/mol. The zero-order valence-electron chi connectivity index (χ0n) is 25.8. The Kier molecular flexibility index (Phi) is 6.22. The average Bonchev–Trinajstić information content (AvgIpc) is 3.67. The van der Waals surface area contributed by atoms with E-state index in [0.29, 0.717) is 11.1 Å². The zero-order valence-corrected chi connectivity index (χ0v) is 25.8. The van der Waals surface area contributed by atoms with Crippen LogP contribution in [0.25, 0.3) is 77.2 Å². The van der Waals surface area contributed by atoms with E-state index in [1.165, 1.54) is 10.8 Å². The van der Waals surface area contributed by atoms with Gasteiger partial charge >= 0.3 is 0 Å². The summed E-state index contributed by atoms with van der Waals surface area (Å²) in [6, 6.07) is 58.8. The molecule has 9 aromatic rings. The molecule has 0 radical (unpaired) electrons. The van der Waals surface area contributed by atoms with E-state index in [1.807, 2.05) is 48.5 Å². The zero-order chi connectivity index (χ0) is 32.2. The quantitative estimate of drug-likeness (QED) is 0.199. The summed E-state index contributed by atoms with van der Waals surface area (Å²) < 4.78 is 4.54. The molecule has 4 heteroatoms. The molecule has 0 bridgehead atoms. The fourth-order valence-electron chi connectivity index (χ4n) is 7.35. The lowest BCUT2D eigenvalue weighted by Crippen LogP contribution is -2.00. The first-order valence-corrected chi connectivity index (χ1v) is 15.9. The molecule has 0 aliphatic carbocycles. The van der Waals surface area contributed by atoms with Crippen molar-refractivity contribution >= 4 is 43.6 Å². The lowest BCUT2D eigenvalue weighted by atomic mass is 9.90. The summed E-state index contributed by atoms with van der Waals surface area (Å²) in [6.45, 7) is 0. The van der Waals surface area contributed by atoms with Crippen LogP contribution in [0, 0.1) is 22.7 Å². The normalized spacial score (nSPS) is 11.3. The summed E-state index contributed by atoms with van der Waals surface area (Å²) >= 11 is 0. The second kappa shape index (κ2) is 10.9. The fourth-order valence-corrected chi connectivity index (χ4v) is 7.35. The number of nitrogens with zero attached hydrogens (tertiary/aromatic N) is 4. The molecule has 7 aromatic carbocycles. The van der Waals surface area contributed by atoms with Crippen molar-refractivity contribution < 1.29 is 0 Å². The van der Waals surface area contributed by atoms with Gasteiger partial charge in [0, 0.05) is 43.9 Å². The van der Waals surface area contributed by atoms with Crippen LogP contribution in [-0.4, -0.2) is 9.13 Å². The average molecular weight is 611 g/mol. The van der Waals surface area contributed by atoms with E-state index in [1.54, 1.807) is 0 Å². The second-order valence-corrected chi connectivity index (χ2v) is 12.0. The Morgan fingerprint density at radius 3 is 1.48 bits per heavy atom. The summed E-state index contributed by atoms with van der Waals surface area (Å²) in [4.78, 5) is 0. The van der Waals surface area contributed by atoms with E-state index in [2.05, 4.69) is 130 Å². The van der Waals surface area contributed by atoms with Crippen molar-refractivity contribution in [3.63, 3.8) is 0 Å². The van der Waals surface area contributed by atoms with Gasteiger partial charge in [-0.2, -0.15) is 10.5 Å². The molecule has 0 saturated heterocycles. The Morgan fingerprint density at radius 2 is 0.917 bits per heavy atom. The molecule has 222 valence electrons. The van der Waals surface area contributed by atoms with E-state index in [-0.39, 0.29) is 0 Å². The topological polar surface area (TPSA) is 57.4 Å². The molecule has 48 heavy (non-hydrogen) atoms. The van der Waals surface area contributed by atoms with Gasteiger partial charge in [-0.1, -0.05) is 103 Å². The fraction of sp³-hybridized carbons (Fsp3) is 0. The molecule has 4 nitrogen and oxygen atoms in total. The van der Waals surface area contributed by atoms with E-state index in [4.69, 9.17) is 0 Å². The van der Waals surface area contributed by atoms with Crippen molar-refractivity contribution in [2.75, 3.05) is 0 Å². The molecular weight excluding hydrogens is 585 g/mol. The Morgan fingerprint density at radius 1 is 0.396 bits per heavy atom. The molecule has 2 aromatic heterocycles. The third-order valence-corrected chi connectivity index (χ3v) is 9.41. The van der Waals surface area contributed by atoms with Gasteiger partial charge in [0.1, 0.15) is 6.07 Å². The molecule has 0 fully saturated rings. The number of benzene rings is 7. The Balaban J connectivity index is 1.27.